The predicted octanol–water partition coefficient (Wildman–Crippen LogP) is 1.87. The molecule has 2 rings (SSSR count). The van der Waals surface area contributed by atoms with Gasteiger partial charge in [0.15, 0.2) is 5.13 Å². The van der Waals surface area contributed by atoms with Gasteiger partial charge >= 0.3 is 0 Å². The van der Waals surface area contributed by atoms with E-state index < -0.39 is 0 Å². The molecule has 0 aliphatic heterocycles. The van der Waals surface area contributed by atoms with Crippen LogP contribution in [0.1, 0.15) is 5.56 Å². The molecule has 5 heteroatoms. The number of amides is 1. The molecule has 17 heavy (non-hydrogen) atoms. The first-order chi connectivity index (χ1) is 8.34. The van der Waals surface area contributed by atoms with Crippen molar-refractivity contribution in [2.24, 2.45) is 0 Å². The fraction of sp³-hybridized carbons (Fsp3) is 0.167. The van der Waals surface area contributed by atoms with E-state index in [1.54, 1.807) is 6.20 Å². The molecule has 0 radical (unpaired) electrons. The van der Waals surface area contributed by atoms with Crippen LogP contribution < -0.4 is 10.6 Å². The van der Waals surface area contributed by atoms with Crippen molar-refractivity contribution in [1.82, 2.24) is 10.3 Å². The number of rotatable bonds is 5. The van der Waals surface area contributed by atoms with Crippen LogP contribution in [0.4, 0.5) is 5.13 Å². The molecule has 4 nitrogen and oxygen atoms in total. The molecule has 0 unspecified atom stereocenters. The van der Waals surface area contributed by atoms with Gasteiger partial charge in [-0.25, -0.2) is 4.98 Å². The fourth-order valence-corrected chi connectivity index (χ4v) is 1.91. The molecule has 1 aromatic heterocycles. The monoisotopic (exact) mass is 247 g/mol. The van der Waals surface area contributed by atoms with E-state index in [4.69, 9.17) is 0 Å². The lowest BCUT2D eigenvalue weighted by Gasteiger charge is -2.04. The minimum absolute atomic E-state index is 0.0733. The standard InChI is InChI=1S/C12H13N3OS/c16-11(15-12-14-6-7-17-12)9-13-8-10-4-2-1-3-5-10/h1-7,13H,8-9H2,(H,14,15,16). The molecule has 0 saturated carbocycles. The zero-order chi connectivity index (χ0) is 11.9. The summed E-state index contributed by atoms with van der Waals surface area (Å²) < 4.78 is 0. The number of hydrogen-bond acceptors (Lipinski definition) is 4. The van der Waals surface area contributed by atoms with Crippen molar-refractivity contribution in [3.63, 3.8) is 0 Å². The van der Waals surface area contributed by atoms with Gasteiger partial charge in [0.25, 0.3) is 0 Å². The Balaban J connectivity index is 1.70. The van der Waals surface area contributed by atoms with E-state index >= 15 is 0 Å². The van der Waals surface area contributed by atoms with Crippen LogP contribution in [-0.4, -0.2) is 17.4 Å². The highest BCUT2D eigenvalue weighted by Gasteiger charge is 2.02. The predicted molar refractivity (Wildman–Crippen MR) is 68.9 cm³/mol. The smallest absolute Gasteiger partial charge is 0.240 e. The first kappa shape index (κ1) is 11.8. The van der Waals surface area contributed by atoms with Gasteiger partial charge in [0.1, 0.15) is 0 Å². The third-order valence-electron chi connectivity index (χ3n) is 2.14. The Bertz CT molecular complexity index is 456. The third kappa shape index (κ3) is 3.97. The van der Waals surface area contributed by atoms with Crippen molar-refractivity contribution in [1.29, 1.82) is 0 Å². The van der Waals surface area contributed by atoms with E-state index in [-0.39, 0.29) is 12.5 Å². The number of benzene rings is 1. The molecule has 0 bridgehead atoms. The van der Waals surface area contributed by atoms with Crippen LogP contribution in [0.3, 0.4) is 0 Å². The Morgan fingerprint density at radius 1 is 1.29 bits per heavy atom. The van der Waals surface area contributed by atoms with Crippen molar-refractivity contribution >= 4 is 22.4 Å². The van der Waals surface area contributed by atoms with Gasteiger partial charge in [-0.05, 0) is 5.56 Å². The molecule has 0 fully saturated rings. The average Bonchev–Trinajstić information content (AvgIpc) is 2.83. The summed E-state index contributed by atoms with van der Waals surface area (Å²) in [6.45, 7) is 0.973. The van der Waals surface area contributed by atoms with Gasteiger partial charge in [0.2, 0.25) is 5.91 Å². The molecule has 0 aliphatic rings. The van der Waals surface area contributed by atoms with Gasteiger partial charge in [-0.1, -0.05) is 30.3 Å². The quantitative estimate of drug-likeness (QED) is 0.848. The highest BCUT2D eigenvalue weighted by molar-refractivity contribution is 7.13. The Hall–Kier alpha value is -1.72. The molecule has 88 valence electrons. The van der Waals surface area contributed by atoms with E-state index in [0.717, 1.165) is 5.56 Å². The molecule has 2 aromatic rings. The number of carbonyl (C=O) groups excluding carboxylic acids is 1. The number of aromatic nitrogens is 1. The Morgan fingerprint density at radius 3 is 2.82 bits per heavy atom. The average molecular weight is 247 g/mol. The van der Waals surface area contributed by atoms with Crippen LogP contribution in [0.2, 0.25) is 0 Å². The largest absolute Gasteiger partial charge is 0.304 e. The molecule has 1 aromatic carbocycles. The normalized spacial score (nSPS) is 10.1. The SMILES string of the molecule is O=C(CNCc1ccccc1)Nc1nccs1. The topological polar surface area (TPSA) is 54.0 Å². The lowest BCUT2D eigenvalue weighted by molar-refractivity contribution is -0.115. The summed E-state index contributed by atoms with van der Waals surface area (Å²) in [4.78, 5) is 15.5. The minimum atomic E-state index is -0.0733. The first-order valence-electron chi connectivity index (χ1n) is 5.28. The molecule has 0 saturated heterocycles. The van der Waals surface area contributed by atoms with Crippen LogP contribution in [0.15, 0.2) is 41.9 Å². The van der Waals surface area contributed by atoms with E-state index in [1.807, 2.05) is 35.7 Å². The lowest BCUT2D eigenvalue weighted by atomic mass is 10.2. The van der Waals surface area contributed by atoms with E-state index in [1.165, 1.54) is 11.3 Å². The molecule has 0 atom stereocenters. The number of hydrogen-bond donors (Lipinski definition) is 2. The zero-order valence-corrected chi connectivity index (χ0v) is 10.0. The van der Waals surface area contributed by atoms with Gasteiger partial charge in [0.05, 0.1) is 6.54 Å². The van der Waals surface area contributed by atoms with Gasteiger partial charge < -0.3 is 10.6 Å². The van der Waals surface area contributed by atoms with Crippen molar-refractivity contribution in [3.8, 4) is 0 Å². The molecule has 1 heterocycles. The number of nitrogens with one attached hydrogen (secondary N) is 2. The Kier molecular flexibility index (Phi) is 4.23. The number of nitrogens with zero attached hydrogens (tertiary/aromatic N) is 1. The highest BCUT2D eigenvalue weighted by atomic mass is 32.1. The maximum absolute atomic E-state index is 11.5. The van der Waals surface area contributed by atoms with Crippen LogP contribution in [-0.2, 0) is 11.3 Å². The molecular weight excluding hydrogens is 234 g/mol. The summed E-state index contributed by atoms with van der Waals surface area (Å²) in [5.74, 6) is -0.0733. The van der Waals surface area contributed by atoms with Crippen LogP contribution >= 0.6 is 11.3 Å². The van der Waals surface area contributed by atoms with Crippen LogP contribution in [0.25, 0.3) is 0 Å². The van der Waals surface area contributed by atoms with Crippen molar-refractivity contribution in [2.45, 2.75) is 6.54 Å². The van der Waals surface area contributed by atoms with Crippen LogP contribution in [0.5, 0.6) is 0 Å². The fourth-order valence-electron chi connectivity index (χ4n) is 1.36. The van der Waals surface area contributed by atoms with Gasteiger partial charge in [-0.3, -0.25) is 4.79 Å². The third-order valence-corrected chi connectivity index (χ3v) is 2.82. The van der Waals surface area contributed by atoms with Crippen molar-refractivity contribution in [2.75, 3.05) is 11.9 Å². The summed E-state index contributed by atoms with van der Waals surface area (Å²) in [7, 11) is 0. The van der Waals surface area contributed by atoms with Gasteiger partial charge in [-0.15, -0.1) is 11.3 Å². The van der Waals surface area contributed by atoms with E-state index in [2.05, 4.69) is 15.6 Å². The second kappa shape index (κ2) is 6.12. The molecule has 0 spiro atoms. The molecular formula is C12H13N3OS. The maximum atomic E-state index is 11.5. The Labute approximate surface area is 104 Å². The number of thiazole rings is 1. The van der Waals surface area contributed by atoms with E-state index in [9.17, 15) is 4.79 Å². The summed E-state index contributed by atoms with van der Waals surface area (Å²) in [6.07, 6.45) is 1.66. The second-order valence-electron chi connectivity index (χ2n) is 3.47. The Morgan fingerprint density at radius 2 is 2.12 bits per heavy atom. The van der Waals surface area contributed by atoms with Crippen molar-refractivity contribution in [3.05, 3.63) is 47.5 Å². The van der Waals surface area contributed by atoms with Crippen molar-refractivity contribution < 1.29 is 4.79 Å². The number of anilines is 1. The van der Waals surface area contributed by atoms with Gasteiger partial charge in [0, 0.05) is 18.1 Å². The molecule has 0 aliphatic carbocycles. The summed E-state index contributed by atoms with van der Waals surface area (Å²) >= 11 is 1.41. The lowest BCUT2D eigenvalue weighted by Crippen LogP contribution is -2.27. The van der Waals surface area contributed by atoms with Gasteiger partial charge in [-0.2, -0.15) is 0 Å². The molecule has 2 N–H and O–H groups in total. The zero-order valence-electron chi connectivity index (χ0n) is 9.22. The minimum Gasteiger partial charge on any atom is -0.304 e. The summed E-state index contributed by atoms with van der Waals surface area (Å²) in [5, 5.41) is 8.25. The summed E-state index contributed by atoms with van der Waals surface area (Å²) in [6, 6.07) is 9.97. The number of carbonyl (C=O) groups is 1. The van der Waals surface area contributed by atoms with E-state index in [0.29, 0.717) is 11.7 Å². The maximum Gasteiger partial charge on any atom is 0.240 e. The van der Waals surface area contributed by atoms with Crippen LogP contribution in [0, 0.1) is 0 Å². The first-order valence-corrected chi connectivity index (χ1v) is 6.16. The summed E-state index contributed by atoms with van der Waals surface area (Å²) in [5.41, 5.74) is 1.16. The second-order valence-corrected chi connectivity index (χ2v) is 4.37. The highest BCUT2D eigenvalue weighted by Crippen LogP contribution is 2.09. The molecule has 1 amide bonds.